The highest BCUT2D eigenvalue weighted by atomic mass is 19.4. The summed E-state index contributed by atoms with van der Waals surface area (Å²) in [7, 11) is 0. The van der Waals surface area contributed by atoms with Crippen LogP contribution in [0.4, 0.5) is 17.6 Å². The Labute approximate surface area is 173 Å². The van der Waals surface area contributed by atoms with Crippen LogP contribution in [0.25, 0.3) is 11.1 Å². The van der Waals surface area contributed by atoms with Gasteiger partial charge in [-0.25, -0.2) is 4.39 Å². The molecule has 30 heavy (non-hydrogen) atoms. The summed E-state index contributed by atoms with van der Waals surface area (Å²) >= 11 is 0. The Hall–Kier alpha value is -2.38. The molecule has 1 saturated heterocycles. The van der Waals surface area contributed by atoms with Gasteiger partial charge in [-0.1, -0.05) is 36.9 Å². The quantitative estimate of drug-likeness (QED) is 0.384. The van der Waals surface area contributed by atoms with Gasteiger partial charge in [-0.05, 0) is 43.0 Å². The van der Waals surface area contributed by atoms with E-state index in [9.17, 15) is 13.2 Å². The summed E-state index contributed by atoms with van der Waals surface area (Å²) in [4.78, 5) is 0. The highest BCUT2D eigenvalue weighted by Gasteiger charge is 2.39. The topological polar surface area (TPSA) is 27.7 Å². The predicted molar refractivity (Wildman–Crippen MR) is 106 cm³/mol. The molecule has 162 valence electrons. The lowest BCUT2D eigenvalue weighted by atomic mass is 9.92. The van der Waals surface area contributed by atoms with Crippen molar-refractivity contribution >= 4 is 0 Å². The zero-order chi connectivity index (χ0) is 21.7. The van der Waals surface area contributed by atoms with Gasteiger partial charge in [0.15, 0.2) is 0 Å². The highest BCUT2D eigenvalue weighted by molar-refractivity contribution is 5.69. The first-order valence-electron chi connectivity index (χ1n) is 9.82. The zero-order valence-electron chi connectivity index (χ0n) is 16.7. The summed E-state index contributed by atoms with van der Waals surface area (Å²) < 4.78 is 73.0. The average Bonchev–Trinajstić information content (AvgIpc) is 2.72. The van der Waals surface area contributed by atoms with Crippen LogP contribution in [0, 0.1) is 5.82 Å². The number of benzene rings is 2. The number of alkyl halides is 3. The van der Waals surface area contributed by atoms with Gasteiger partial charge in [0.2, 0.25) is 0 Å². The van der Waals surface area contributed by atoms with Gasteiger partial charge < -0.3 is 14.2 Å². The van der Waals surface area contributed by atoms with Gasteiger partial charge in [0, 0.05) is 12.2 Å². The molecule has 0 radical (unpaired) electrons. The predicted octanol–water partition coefficient (Wildman–Crippen LogP) is 6.33. The number of ether oxygens (including phenoxy) is 3. The Morgan fingerprint density at radius 3 is 2.43 bits per heavy atom. The van der Waals surface area contributed by atoms with Crippen molar-refractivity contribution < 1.29 is 31.8 Å². The Kier molecular flexibility index (Phi) is 7.15. The van der Waals surface area contributed by atoms with Crippen LogP contribution in [0.5, 0.6) is 5.75 Å². The molecule has 1 aliphatic rings. The van der Waals surface area contributed by atoms with Crippen LogP contribution in [-0.2, 0) is 15.7 Å². The van der Waals surface area contributed by atoms with Crippen LogP contribution in [0.2, 0.25) is 0 Å². The fourth-order valence-electron chi connectivity index (χ4n) is 3.58. The first-order chi connectivity index (χ1) is 14.3. The summed E-state index contributed by atoms with van der Waals surface area (Å²) in [6, 6.07) is 8.73. The molecule has 0 spiro atoms. The number of hydrogen-bond donors (Lipinski definition) is 0. The molecular weight excluding hydrogens is 400 g/mol. The van der Waals surface area contributed by atoms with Crippen molar-refractivity contribution in [3.8, 4) is 16.9 Å². The van der Waals surface area contributed by atoms with Gasteiger partial charge in [-0.2, -0.15) is 13.2 Å². The Balaban J connectivity index is 1.92. The van der Waals surface area contributed by atoms with E-state index in [0.717, 1.165) is 0 Å². The van der Waals surface area contributed by atoms with E-state index < -0.39 is 23.7 Å². The molecule has 0 amide bonds. The highest BCUT2D eigenvalue weighted by Crippen LogP contribution is 2.43. The van der Waals surface area contributed by atoms with Gasteiger partial charge in [-0.3, -0.25) is 0 Å². The van der Waals surface area contributed by atoms with Crippen molar-refractivity contribution in [3.63, 3.8) is 0 Å². The maximum Gasteiger partial charge on any atom is 0.419 e. The Morgan fingerprint density at radius 2 is 1.87 bits per heavy atom. The fourth-order valence-corrected chi connectivity index (χ4v) is 3.58. The van der Waals surface area contributed by atoms with E-state index in [1.54, 1.807) is 18.2 Å². The second-order valence-corrected chi connectivity index (χ2v) is 6.99. The van der Waals surface area contributed by atoms with Crippen molar-refractivity contribution in [2.45, 2.75) is 38.1 Å². The van der Waals surface area contributed by atoms with Gasteiger partial charge in [-0.15, -0.1) is 0 Å². The molecule has 2 aromatic rings. The van der Waals surface area contributed by atoms with E-state index in [2.05, 4.69) is 6.58 Å². The molecule has 1 aliphatic heterocycles. The number of hydrogen-bond acceptors (Lipinski definition) is 3. The average molecular weight is 424 g/mol. The summed E-state index contributed by atoms with van der Waals surface area (Å²) in [5.41, 5.74) is -1.33. The summed E-state index contributed by atoms with van der Waals surface area (Å²) in [6.07, 6.45) is -3.13. The first-order valence-corrected chi connectivity index (χ1v) is 9.82. The van der Waals surface area contributed by atoms with Gasteiger partial charge >= 0.3 is 6.18 Å². The van der Waals surface area contributed by atoms with Crippen molar-refractivity contribution in [3.05, 3.63) is 66.0 Å². The van der Waals surface area contributed by atoms with Crippen LogP contribution >= 0.6 is 0 Å². The second-order valence-electron chi connectivity index (χ2n) is 6.99. The first kappa shape index (κ1) is 22.3. The minimum Gasteiger partial charge on any atom is -0.490 e. The van der Waals surface area contributed by atoms with Gasteiger partial charge in [0.05, 0.1) is 24.4 Å². The van der Waals surface area contributed by atoms with E-state index in [1.165, 1.54) is 24.3 Å². The molecule has 3 nitrogen and oxygen atoms in total. The molecule has 2 unspecified atom stereocenters. The second kappa shape index (κ2) is 9.62. The standard InChI is InChI=1S/C23H24F4O3/c1-3-13-29-16-7-5-15(6-8-16)18-10-11-19(22(24)21(18)23(25,26)27)20-12-9-17(14-30-20)28-4-2/h3,5-8,10-11,17,20H,1,4,9,12-14H2,2H3. The van der Waals surface area contributed by atoms with Crippen LogP contribution in [0.15, 0.2) is 49.1 Å². The van der Waals surface area contributed by atoms with Crippen molar-refractivity contribution in [1.29, 1.82) is 0 Å². The zero-order valence-corrected chi connectivity index (χ0v) is 16.7. The van der Waals surface area contributed by atoms with Crippen LogP contribution in [-0.4, -0.2) is 25.9 Å². The maximum absolute atomic E-state index is 15.1. The molecule has 2 aromatic carbocycles. The molecule has 7 heteroatoms. The molecule has 1 heterocycles. The van der Waals surface area contributed by atoms with Crippen molar-refractivity contribution in [2.24, 2.45) is 0 Å². The smallest absolute Gasteiger partial charge is 0.419 e. The molecule has 0 bridgehead atoms. The number of rotatable bonds is 7. The third kappa shape index (κ3) is 5.02. The minimum absolute atomic E-state index is 0.0769. The van der Waals surface area contributed by atoms with Gasteiger partial charge in [0.1, 0.15) is 18.2 Å². The Morgan fingerprint density at radius 1 is 1.13 bits per heavy atom. The fraction of sp³-hybridized carbons (Fsp3) is 0.391. The van der Waals surface area contributed by atoms with E-state index >= 15 is 4.39 Å². The van der Waals surface area contributed by atoms with E-state index in [1.807, 2.05) is 6.92 Å². The van der Waals surface area contributed by atoms with Crippen LogP contribution in [0.3, 0.4) is 0 Å². The largest absolute Gasteiger partial charge is 0.490 e. The van der Waals surface area contributed by atoms with E-state index in [0.29, 0.717) is 25.2 Å². The summed E-state index contributed by atoms with van der Waals surface area (Å²) in [6.45, 7) is 6.43. The Bertz CT molecular complexity index is 854. The minimum atomic E-state index is -4.85. The van der Waals surface area contributed by atoms with E-state index in [-0.39, 0.29) is 36.0 Å². The summed E-state index contributed by atoms with van der Waals surface area (Å²) in [5, 5.41) is 0. The lowest BCUT2D eigenvalue weighted by Gasteiger charge is -2.30. The molecule has 2 atom stereocenters. The monoisotopic (exact) mass is 424 g/mol. The lowest BCUT2D eigenvalue weighted by Crippen LogP contribution is -2.28. The summed E-state index contributed by atoms with van der Waals surface area (Å²) in [5.74, 6) is -0.796. The third-order valence-electron chi connectivity index (χ3n) is 4.97. The maximum atomic E-state index is 15.1. The van der Waals surface area contributed by atoms with Crippen molar-refractivity contribution in [1.82, 2.24) is 0 Å². The van der Waals surface area contributed by atoms with Crippen LogP contribution in [0.1, 0.15) is 37.0 Å². The molecular formula is C23H24F4O3. The van der Waals surface area contributed by atoms with Gasteiger partial charge in [0.25, 0.3) is 0 Å². The molecule has 3 rings (SSSR count). The molecule has 0 aromatic heterocycles. The molecule has 0 aliphatic carbocycles. The van der Waals surface area contributed by atoms with E-state index in [4.69, 9.17) is 14.2 Å². The third-order valence-corrected chi connectivity index (χ3v) is 4.97. The van der Waals surface area contributed by atoms with Crippen molar-refractivity contribution in [2.75, 3.05) is 19.8 Å². The molecule has 0 N–H and O–H groups in total. The molecule has 0 saturated carbocycles. The number of halogens is 4. The normalized spacial score (nSPS) is 19.5. The molecule has 1 fully saturated rings. The lowest BCUT2D eigenvalue weighted by molar-refractivity contribution is -0.139. The SMILES string of the molecule is C=CCOc1ccc(-c2ccc(C3CCC(OCC)CO3)c(F)c2C(F)(F)F)cc1. The van der Waals surface area contributed by atoms with Crippen LogP contribution < -0.4 is 4.74 Å².